The molecule has 0 rings (SSSR count). The number of rotatable bonds is 3. The predicted molar refractivity (Wildman–Crippen MR) is 50.7 cm³/mol. The maximum absolute atomic E-state index is 12.5. The van der Waals surface area contributed by atoms with Crippen LogP contribution in [-0.2, 0) is 9.53 Å². The van der Waals surface area contributed by atoms with Crippen molar-refractivity contribution in [2.45, 2.75) is 52.1 Å². The SMILES string of the molecule is CCC(C)(C)C(=O)OC(C)(C(F)(F)F)C(F)(F)F. The maximum atomic E-state index is 12.5. The molecule has 0 N–H and O–H groups in total. The number of hydrogen-bond donors (Lipinski definition) is 0. The molecule has 0 aromatic heterocycles. The smallest absolute Gasteiger partial charge is 0.437 e. The molecule has 0 aliphatic carbocycles. The molecule has 108 valence electrons. The molecule has 0 saturated heterocycles. The first-order valence-corrected chi connectivity index (χ1v) is 5.06. The van der Waals surface area contributed by atoms with E-state index in [2.05, 4.69) is 4.74 Å². The van der Waals surface area contributed by atoms with E-state index in [1.54, 1.807) is 0 Å². The van der Waals surface area contributed by atoms with Gasteiger partial charge in [-0.15, -0.1) is 0 Å². The molecule has 0 heterocycles. The molecule has 0 spiro atoms. The van der Waals surface area contributed by atoms with Gasteiger partial charge >= 0.3 is 18.3 Å². The average molecular weight is 280 g/mol. The number of carbonyl (C=O) groups is 1. The average Bonchev–Trinajstić information content (AvgIpc) is 2.13. The van der Waals surface area contributed by atoms with Crippen LogP contribution in [0.3, 0.4) is 0 Å². The van der Waals surface area contributed by atoms with E-state index in [1.807, 2.05) is 0 Å². The highest BCUT2D eigenvalue weighted by Crippen LogP contribution is 2.46. The van der Waals surface area contributed by atoms with Crippen molar-refractivity contribution in [2.75, 3.05) is 0 Å². The summed E-state index contributed by atoms with van der Waals surface area (Å²) in [4.78, 5) is 11.4. The highest BCUT2D eigenvalue weighted by molar-refractivity contribution is 5.76. The van der Waals surface area contributed by atoms with Crippen molar-refractivity contribution in [1.29, 1.82) is 0 Å². The van der Waals surface area contributed by atoms with Gasteiger partial charge in [-0.1, -0.05) is 6.92 Å². The number of halogens is 6. The Kier molecular flexibility index (Phi) is 4.38. The summed E-state index contributed by atoms with van der Waals surface area (Å²) in [6.45, 7) is 3.68. The molecule has 2 nitrogen and oxygen atoms in total. The molecule has 0 aromatic carbocycles. The lowest BCUT2D eigenvalue weighted by molar-refractivity contribution is -0.364. The van der Waals surface area contributed by atoms with E-state index in [4.69, 9.17) is 0 Å². The Bertz CT molecular complexity index is 301. The number of esters is 1. The van der Waals surface area contributed by atoms with Crippen LogP contribution in [0.5, 0.6) is 0 Å². The Hall–Kier alpha value is -0.950. The molecule has 0 amide bonds. The Morgan fingerprint density at radius 2 is 1.28 bits per heavy atom. The summed E-state index contributed by atoms with van der Waals surface area (Å²) in [6, 6.07) is 0. The van der Waals surface area contributed by atoms with Crippen LogP contribution in [0.25, 0.3) is 0 Å². The summed E-state index contributed by atoms with van der Waals surface area (Å²) in [6.07, 6.45) is -11.4. The van der Waals surface area contributed by atoms with Crippen LogP contribution in [0.1, 0.15) is 34.1 Å². The second kappa shape index (κ2) is 4.62. The molecular formula is C10H14F6O2. The summed E-state index contributed by atoms with van der Waals surface area (Å²) in [7, 11) is 0. The second-order valence-corrected chi connectivity index (χ2v) is 4.66. The predicted octanol–water partition coefficient (Wildman–Crippen LogP) is 3.85. The quantitative estimate of drug-likeness (QED) is 0.580. The molecule has 0 radical (unpaired) electrons. The van der Waals surface area contributed by atoms with Gasteiger partial charge in [-0.2, -0.15) is 26.3 Å². The maximum Gasteiger partial charge on any atom is 0.437 e. The first-order chi connectivity index (χ1) is 7.69. The van der Waals surface area contributed by atoms with Crippen molar-refractivity contribution >= 4 is 5.97 Å². The standard InChI is InChI=1S/C10H14F6O2/c1-5-7(2,3)6(17)18-8(4,9(11,12)13)10(14,15)16/h5H2,1-4H3. The highest BCUT2D eigenvalue weighted by Gasteiger charge is 2.71. The number of hydrogen-bond acceptors (Lipinski definition) is 2. The zero-order valence-electron chi connectivity index (χ0n) is 10.3. The molecular weight excluding hydrogens is 266 g/mol. The van der Waals surface area contributed by atoms with Gasteiger partial charge in [0.05, 0.1) is 5.41 Å². The van der Waals surface area contributed by atoms with Crippen molar-refractivity contribution in [2.24, 2.45) is 5.41 Å². The lowest BCUT2D eigenvalue weighted by Gasteiger charge is -2.35. The van der Waals surface area contributed by atoms with Gasteiger partial charge < -0.3 is 4.74 Å². The Balaban J connectivity index is 5.39. The van der Waals surface area contributed by atoms with E-state index in [1.165, 1.54) is 20.8 Å². The Morgan fingerprint density at radius 1 is 0.944 bits per heavy atom. The van der Waals surface area contributed by atoms with Crippen molar-refractivity contribution in [3.05, 3.63) is 0 Å². The Morgan fingerprint density at radius 3 is 1.50 bits per heavy atom. The first kappa shape index (κ1) is 17.1. The lowest BCUT2D eigenvalue weighted by atomic mass is 9.90. The van der Waals surface area contributed by atoms with E-state index in [0.29, 0.717) is 0 Å². The van der Waals surface area contributed by atoms with Crippen molar-refractivity contribution in [3.63, 3.8) is 0 Å². The number of alkyl halides is 6. The van der Waals surface area contributed by atoms with Crippen LogP contribution < -0.4 is 0 Å². The van der Waals surface area contributed by atoms with E-state index in [-0.39, 0.29) is 13.3 Å². The van der Waals surface area contributed by atoms with Crippen molar-refractivity contribution < 1.29 is 35.9 Å². The van der Waals surface area contributed by atoms with Gasteiger partial charge in [0, 0.05) is 0 Å². The summed E-state index contributed by atoms with van der Waals surface area (Å²) in [5.41, 5.74) is -5.92. The van der Waals surface area contributed by atoms with Gasteiger partial charge in [-0.25, -0.2) is 0 Å². The van der Waals surface area contributed by atoms with Crippen LogP contribution in [0.2, 0.25) is 0 Å². The minimum atomic E-state index is -5.73. The van der Waals surface area contributed by atoms with E-state index < -0.39 is 29.3 Å². The summed E-state index contributed by atoms with van der Waals surface area (Å²) in [5.74, 6) is -1.54. The van der Waals surface area contributed by atoms with Gasteiger partial charge in [-0.05, 0) is 27.2 Å². The van der Waals surface area contributed by atoms with Gasteiger partial charge in [0.1, 0.15) is 0 Å². The minimum Gasteiger partial charge on any atom is -0.439 e. The molecule has 0 aliphatic rings. The minimum absolute atomic E-state index is 0.0532. The molecule has 0 bridgehead atoms. The van der Waals surface area contributed by atoms with Crippen LogP contribution in [0.4, 0.5) is 26.3 Å². The fraction of sp³-hybridized carbons (Fsp3) is 0.900. The largest absolute Gasteiger partial charge is 0.439 e. The number of ether oxygens (including phenoxy) is 1. The highest BCUT2D eigenvalue weighted by atomic mass is 19.4. The first-order valence-electron chi connectivity index (χ1n) is 5.06. The molecule has 0 unspecified atom stereocenters. The molecule has 8 heteroatoms. The van der Waals surface area contributed by atoms with E-state index in [0.717, 1.165) is 0 Å². The van der Waals surface area contributed by atoms with E-state index in [9.17, 15) is 31.1 Å². The zero-order valence-corrected chi connectivity index (χ0v) is 10.3. The Labute approximate surface area is 100 Å². The molecule has 0 saturated carbocycles. The molecule has 0 aromatic rings. The van der Waals surface area contributed by atoms with Crippen molar-refractivity contribution in [3.8, 4) is 0 Å². The fourth-order valence-electron chi connectivity index (χ4n) is 0.744. The topological polar surface area (TPSA) is 26.3 Å². The summed E-state index contributed by atoms with van der Waals surface area (Å²) in [5, 5.41) is 0. The third-order valence-electron chi connectivity index (χ3n) is 2.82. The van der Waals surface area contributed by atoms with Crippen LogP contribution in [-0.4, -0.2) is 23.9 Å². The lowest BCUT2D eigenvalue weighted by Crippen LogP contribution is -2.58. The van der Waals surface area contributed by atoms with Crippen LogP contribution in [0, 0.1) is 5.41 Å². The summed E-state index contributed by atoms with van der Waals surface area (Å²) < 4.78 is 78.5. The van der Waals surface area contributed by atoms with Crippen molar-refractivity contribution in [1.82, 2.24) is 0 Å². The fourth-order valence-corrected chi connectivity index (χ4v) is 0.744. The third kappa shape index (κ3) is 3.08. The van der Waals surface area contributed by atoms with Gasteiger partial charge in [0.15, 0.2) is 0 Å². The van der Waals surface area contributed by atoms with Crippen LogP contribution >= 0.6 is 0 Å². The number of carbonyl (C=O) groups excluding carboxylic acids is 1. The van der Waals surface area contributed by atoms with Gasteiger partial charge in [0.25, 0.3) is 5.60 Å². The monoisotopic (exact) mass is 280 g/mol. The van der Waals surface area contributed by atoms with Gasteiger partial charge in [0.2, 0.25) is 0 Å². The molecule has 0 atom stereocenters. The van der Waals surface area contributed by atoms with Crippen LogP contribution in [0.15, 0.2) is 0 Å². The van der Waals surface area contributed by atoms with E-state index >= 15 is 0 Å². The zero-order chi connectivity index (χ0) is 15.0. The normalized spacial score (nSPS) is 14.6. The molecule has 0 aliphatic heterocycles. The third-order valence-corrected chi connectivity index (χ3v) is 2.82. The molecule has 0 fully saturated rings. The molecule has 18 heavy (non-hydrogen) atoms. The van der Waals surface area contributed by atoms with Gasteiger partial charge in [-0.3, -0.25) is 4.79 Å². The second-order valence-electron chi connectivity index (χ2n) is 4.66. The summed E-state index contributed by atoms with van der Waals surface area (Å²) >= 11 is 0.